The Hall–Kier alpha value is -0.379. The van der Waals surface area contributed by atoms with Crippen LogP contribution in [0.5, 0.6) is 0 Å². The van der Waals surface area contributed by atoms with Crippen LogP contribution >= 0.6 is 0 Å². The summed E-state index contributed by atoms with van der Waals surface area (Å²) < 4.78 is 41.8. The molecular weight excluding hydrogens is 428 g/mol. The molecule has 0 amide bonds. The van der Waals surface area contributed by atoms with Crippen LogP contribution in [0.2, 0.25) is 4.28 Å². The van der Waals surface area contributed by atoms with E-state index in [4.69, 9.17) is 31.3 Å². The van der Waals surface area contributed by atoms with Gasteiger partial charge in [-0.15, -0.1) is 0 Å². The van der Waals surface area contributed by atoms with Crippen molar-refractivity contribution in [2.45, 2.75) is 52.2 Å². The normalized spacial score (nSPS) is 12.2. The van der Waals surface area contributed by atoms with E-state index in [0.717, 1.165) is 6.08 Å². The molecule has 0 aliphatic rings. The highest BCUT2D eigenvalue weighted by molar-refractivity contribution is 6.88. The lowest BCUT2D eigenvalue weighted by atomic mass is 10.5. The van der Waals surface area contributed by atoms with Gasteiger partial charge in [-0.1, -0.05) is 6.58 Å². The number of rotatable bonds is 19. The molecule has 0 spiro atoms. The number of ether oxygens (including phenoxy) is 1. The molecule has 0 aliphatic heterocycles. The Balaban J connectivity index is 6.33. The fourth-order valence-electron chi connectivity index (χ4n) is 3.06. The first-order chi connectivity index (χ1) is 14.0. The molecular formula is C18H40O8Si3. The van der Waals surface area contributed by atoms with Gasteiger partial charge in [-0.25, -0.2) is 4.79 Å². The van der Waals surface area contributed by atoms with Crippen molar-refractivity contribution in [2.75, 3.05) is 46.2 Å². The molecule has 11 heteroatoms. The second kappa shape index (κ2) is 17.3. The largest absolute Gasteiger partial charge is 0.463 e. The quantitative estimate of drug-likeness (QED) is 0.161. The van der Waals surface area contributed by atoms with Gasteiger partial charge < -0.3 is 31.3 Å². The first-order valence-electron chi connectivity index (χ1n) is 10.5. The Bertz CT molecular complexity index is 383. The van der Waals surface area contributed by atoms with E-state index in [-0.39, 0.29) is 6.61 Å². The summed E-state index contributed by atoms with van der Waals surface area (Å²) in [6.07, 6.45) is 1.61. The number of esters is 1. The summed E-state index contributed by atoms with van der Waals surface area (Å²) in [5.41, 5.74) is 0. The van der Waals surface area contributed by atoms with Gasteiger partial charge in [0.1, 0.15) is 0 Å². The van der Waals surface area contributed by atoms with E-state index in [9.17, 15) is 4.79 Å². The molecule has 172 valence electrons. The lowest BCUT2D eigenvalue weighted by Crippen LogP contribution is -2.61. The third-order valence-electron chi connectivity index (χ3n) is 4.17. The molecule has 29 heavy (non-hydrogen) atoms. The highest BCUT2D eigenvalue weighted by Crippen LogP contribution is 2.43. The Morgan fingerprint density at radius 1 is 0.724 bits per heavy atom. The predicted molar refractivity (Wildman–Crippen MR) is 120 cm³/mol. The second-order valence-electron chi connectivity index (χ2n) is 5.96. The van der Waals surface area contributed by atoms with Crippen LogP contribution in [-0.4, -0.2) is 80.1 Å². The number of hydrogen-bond acceptors (Lipinski definition) is 8. The number of carbonyl (C=O) groups excluding carboxylic acids is 1. The summed E-state index contributed by atoms with van der Waals surface area (Å²) in [6.45, 7) is 18.3. The third-order valence-corrected chi connectivity index (χ3v) is 16.4. The molecule has 0 aromatic carbocycles. The van der Waals surface area contributed by atoms with E-state index >= 15 is 0 Å². The minimum absolute atomic E-state index is 0.168. The first kappa shape index (κ1) is 28.6. The summed E-state index contributed by atoms with van der Waals surface area (Å²) >= 11 is 0. The SMILES string of the molecule is C=CC(=O)OCCC([SiH](OCC)OCC)([SiH](OCC)OCC)[SiH](OCC)OCC. The van der Waals surface area contributed by atoms with Gasteiger partial charge in [0.15, 0.2) is 0 Å². The standard InChI is InChI=1S/C18H40O8Si3/c1-8-17(19)20-16-15-18(27(21-9-2)22-10-3,28(23-11-4)24-12-5)29(25-13-6)26-14-7/h8,27-29H,1,9-16H2,2-7H3. The Morgan fingerprint density at radius 3 is 1.28 bits per heavy atom. The summed E-state index contributed by atoms with van der Waals surface area (Å²) in [7, 11) is -7.18. The topological polar surface area (TPSA) is 81.7 Å². The van der Waals surface area contributed by atoms with Gasteiger partial charge in [0.2, 0.25) is 0 Å². The van der Waals surface area contributed by atoms with Gasteiger partial charge in [0.05, 0.1) is 10.9 Å². The molecule has 0 aromatic rings. The molecule has 0 heterocycles. The molecule has 0 N–H and O–H groups in total. The molecule has 0 saturated carbocycles. The van der Waals surface area contributed by atoms with Crippen molar-refractivity contribution in [1.29, 1.82) is 0 Å². The fraction of sp³-hybridized carbons (Fsp3) is 0.833. The van der Waals surface area contributed by atoms with Crippen molar-refractivity contribution in [3.63, 3.8) is 0 Å². The van der Waals surface area contributed by atoms with E-state index < -0.39 is 38.1 Å². The monoisotopic (exact) mass is 468 g/mol. The van der Waals surface area contributed by atoms with Crippen molar-refractivity contribution < 1.29 is 36.1 Å². The van der Waals surface area contributed by atoms with Crippen LogP contribution in [0, 0.1) is 0 Å². The maximum atomic E-state index is 11.7. The van der Waals surface area contributed by atoms with Crippen LogP contribution in [0.15, 0.2) is 12.7 Å². The minimum Gasteiger partial charge on any atom is -0.463 e. The van der Waals surface area contributed by atoms with Crippen LogP contribution in [0.1, 0.15) is 48.0 Å². The zero-order valence-electron chi connectivity index (χ0n) is 18.9. The van der Waals surface area contributed by atoms with Gasteiger partial charge in [0.25, 0.3) is 0 Å². The van der Waals surface area contributed by atoms with Crippen molar-refractivity contribution in [3.05, 3.63) is 12.7 Å². The Morgan fingerprint density at radius 2 is 1.03 bits per heavy atom. The number of carbonyl (C=O) groups is 1. The van der Waals surface area contributed by atoms with Crippen molar-refractivity contribution in [3.8, 4) is 0 Å². The first-order valence-corrected chi connectivity index (χ1v) is 15.1. The summed E-state index contributed by atoms with van der Waals surface area (Å²) in [5.74, 6) is -0.470. The van der Waals surface area contributed by atoms with Gasteiger partial charge >= 0.3 is 33.8 Å². The summed E-state index contributed by atoms with van der Waals surface area (Å²) in [4.78, 5) is 11.7. The zero-order chi connectivity index (χ0) is 22.1. The maximum absolute atomic E-state index is 11.7. The van der Waals surface area contributed by atoms with Crippen LogP contribution in [-0.2, 0) is 36.1 Å². The van der Waals surface area contributed by atoms with Crippen molar-refractivity contribution in [1.82, 2.24) is 0 Å². The van der Waals surface area contributed by atoms with E-state index in [0.29, 0.717) is 46.1 Å². The highest BCUT2D eigenvalue weighted by atomic mass is 28.4. The van der Waals surface area contributed by atoms with Gasteiger partial charge in [0, 0.05) is 45.7 Å². The predicted octanol–water partition coefficient (Wildman–Crippen LogP) is 1.80. The van der Waals surface area contributed by atoms with Gasteiger partial charge in [-0.2, -0.15) is 0 Å². The lowest BCUT2D eigenvalue weighted by molar-refractivity contribution is -0.138. The maximum Gasteiger partial charge on any atom is 0.331 e. The molecule has 0 unspecified atom stereocenters. The average molecular weight is 469 g/mol. The molecule has 8 nitrogen and oxygen atoms in total. The summed E-state index contributed by atoms with van der Waals surface area (Å²) in [6, 6.07) is 0. The average Bonchev–Trinajstić information content (AvgIpc) is 2.71. The molecule has 0 aliphatic carbocycles. The second-order valence-corrected chi connectivity index (χ2v) is 15.2. The van der Waals surface area contributed by atoms with Crippen LogP contribution < -0.4 is 0 Å². The third kappa shape index (κ3) is 9.11. The van der Waals surface area contributed by atoms with E-state index in [1.54, 1.807) is 0 Å². The highest BCUT2D eigenvalue weighted by Gasteiger charge is 2.61. The van der Waals surface area contributed by atoms with Gasteiger partial charge in [-0.05, 0) is 48.0 Å². The van der Waals surface area contributed by atoms with E-state index in [2.05, 4.69) is 6.58 Å². The van der Waals surface area contributed by atoms with E-state index in [1.807, 2.05) is 41.5 Å². The lowest BCUT2D eigenvalue weighted by Gasteiger charge is -2.44. The molecule has 0 fully saturated rings. The molecule has 0 aromatic heterocycles. The van der Waals surface area contributed by atoms with Crippen LogP contribution in [0.25, 0.3) is 0 Å². The molecule has 0 radical (unpaired) electrons. The zero-order valence-corrected chi connectivity index (χ0v) is 22.4. The molecule has 0 rings (SSSR count). The van der Waals surface area contributed by atoms with Gasteiger partial charge in [-0.3, -0.25) is 0 Å². The van der Waals surface area contributed by atoms with Crippen molar-refractivity contribution >= 4 is 33.8 Å². The molecule has 0 atom stereocenters. The minimum atomic E-state index is -2.39. The van der Waals surface area contributed by atoms with Crippen LogP contribution in [0.4, 0.5) is 0 Å². The Kier molecular flexibility index (Phi) is 17.1. The number of hydrogen-bond donors (Lipinski definition) is 0. The smallest absolute Gasteiger partial charge is 0.331 e. The molecule has 0 bridgehead atoms. The Labute approximate surface area is 181 Å². The van der Waals surface area contributed by atoms with Crippen LogP contribution in [0.3, 0.4) is 0 Å². The molecule has 0 saturated heterocycles. The summed E-state index contributed by atoms with van der Waals surface area (Å²) in [5, 5.41) is 0. The fourth-order valence-corrected chi connectivity index (χ4v) is 14.2. The van der Waals surface area contributed by atoms with E-state index in [1.165, 1.54) is 0 Å². The van der Waals surface area contributed by atoms with Crippen molar-refractivity contribution in [2.24, 2.45) is 0 Å².